The van der Waals surface area contributed by atoms with Gasteiger partial charge in [0.2, 0.25) is 0 Å². The second-order valence-electron chi connectivity index (χ2n) is 2.88. The third-order valence-corrected chi connectivity index (χ3v) is 14.8. The predicted molar refractivity (Wildman–Crippen MR) is 50.4 cm³/mol. The van der Waals surface area contributed by atoms with E-state index in [4.69, 9.17) is 31.6 Å². The summed E-state index contributed by atoms with van der Waals surface area (Å²) in [6.45, 7) is 0. The van der Waals surface area contributed by atoms with Gasteiger partial charge < -0.3 is 0 Å². The van der Waals surface area contributed by atoms with E-state index in [1.165, 1.54) is 25.7 Å². The van der Waals surface area contributed by atoms with Crippen LogP contribution in [0, 0.1) is 0 Å². The Morgan fingerprint density at radius 3 is 2.10 bits per heavy atom. The summed E-state index contributed by atoms with van der Waals surface area (Å²) in [5.41, 5.74) is 0. The van der Waals surface area contributed by atoms with E-state index in [1.54, 1.807) is 0 Å². The Bertz CT molecular complexity index is 110. The molecular weight excluding hydrogens is 251 g/mol. The molecule has 0 aromatic carbocycles. The Morgan fingerprint density at radius 1 is 1.20 bits per heavy atom. The van der Waals surface area contributed by atoms with Gasteiger partial charge >= 0.3 is 78.2 Å². The van der Waals surface area contributed by atoms with Crippen molar-refractivity contribution >= 4 is 43.0 Å². The number of rotatable bonds is 2. The molecule has 1 saturated carbocycles. The fraction of sp³-hybridized carbons (Fsp3) is 1.00. The van der Waals surface area contributed by atoms with Crippen LogP contribution in [0.4, 0.5) is 0 Å². The van der Waals surface area contributed by atoms with Crippen LogP contribution in [0.15, 0.2) is 0 Å². The molecule has 10 heavy (non-hydrogen) atoms. The fourth-order valence-electron chi connectivity index (χ4n) is 1.46. The Labute approximate surface area is 77.9 Å². The van der Waals surface area contributed by atoms with Crippen LogP contribution in [0.2, 0.25) is 4.75 Å². The van der Waals surface area contributed by atoms with Crippen LogP contribution in [-0.2, 0) is 0 Å². The molecule has 1 aliphatic rings. The van der Waals surface area contributed by atoms with E-state index in [9.17, 15) is 0 Å². The molecule has 0 saturated heterocycles. The molecule has 0 spiro atoms. The molecule has 0 heterocycles. The zero-order valence-electron chi connectivity index (χ0n) is 5.75. The SMILES string of the molecule is Cl[CH2][Ge]([Cl])([Cl])[CH]1CCCC1. The first-order chi connectivity index (χ1) is 4.67. The Hall–Kier alpha value is 1.41. The summed E-state index contributed by atoms with van der Waals surface area (Å²) < 4.78 is 1.15. The average molecular weight is 262 g/mol. The van der Waals surface area contributed by atoms with Crippen LogP contribution >= 0.6 is 31.6 Å². The summed E-state index contributed by atoms with van der Waals surface area (Å²) in [5.74, 6) is 0. The van der Waals surface area contributed by atoms with Crippen molar-refractivity contribution < 1.29 is 0 Å². The van der Waals surface area contributed by atoms with E-state index in [1.807, 2.05) is 0 Å². The summed E-state index contributed by atoms with van der Waals surface area (Å²) in [5, 5.41) is 0. The van der Waals surface area contributed by atoms with Gasteiger partial charge in [0.15, 0.2) is 0 Å². The molecule has 0 bridgehead atoms. The molecule has 1 rings (SSSR count). The first-order valence-electron chi connectivity index (χ1n) is 3.60. The topological polar surface area (TPSA) is 0 Å². The Balaban J connectivity index is 2.45. The van der Waals surface area contributed by atoms with Crippen LogP contribution < -0.4 is 0 Å². The second-order valence-corrected chi connectivity index (χ2v) is 17.7. The third-order valence-electron chi connectivity index (χ3n) is 2.13. The van der Waals surface area contributed by atoms with Gasteiger partial charge in [0.25, 0.3) is 0 Å². The first kappa shape index (κ1) is 9.50. The summed E-state index contributed by atoms with van der Waals surface area (Å²) in [7, 11) is 12.3. The van der Waals surface area contributed by atoms with Crippen molar-refractivity contribution in [1.29, 1.82) is 0 Å². The number of hydrogen-bond donors (Lipinski definition) is 0. The summed E-state index contributed by atoms with van der Waals surface area (Å²) in [4.78, 5) is 0. The van der Waals surface area contributed by atoms with E-state index >= 15 is 0 Å². The molecule has 0 aromatic rings. The quantitative estimate of drug-likeness (QED) is 0.526. The molecule has 0 nitrogen and oxygen atoms in total. The van der Waals surface area contributed by atoms with E-state index in [-0.39, 0.29) is 0 Å². The van der Waals surface area contributed by atoms with Crippen LogP contribution in [0.5, 0.6) is 0 Å². The maximum atomic E-state index is 6.15. The van der Waals surface area contributed by atoms with E-state index in [2.05, 4.69) is 0 Å². The molecule has 0 atom stereocenters. The van der Waals surface area contributed by atoms with Crippen molar-refractivity contribution in [2.75, 3.05) is 4.71 Å². The van der Waals surface area contributed by atoms with Crippen molar-refractivity contribution in [3.63, 3.8) is 0 Å². The van der Waals surface area contributed by atoms with E-state index in [0.29, 0.717) is 9.46 Å². The standard InChI is InChI=1S/C6H11Cl3Ge/c7-5-10(8,9)6-3-1-2-4-6/h6H,1-5H2. The monoisotopic (exact) mass is 262 g/mol. The van der Waals surface area contributed by atoms with Gasteiger partial charge in [0.05, 0.1) is 0 Å². The van der Waals surface area contributed by atoms with Crippen molar-refractivity contribution in [2.45, 2.75) is 30.4 Å². The molecule has 0 N–H and O–H groups in total. The molecule has 0 unspecified atom stereocenters. The molecule has 1 aliphatic carbocycles. The second kappa shape index (κ2) is 3.88. The summed E-state index contributed by atoms with van der Waals surface area (Å²) >= 11 is 3.18. The minimum absolute atomic E-state index is 0.535. The molecule has 1 fully saturated rings. The molecule has 0 aliphatic heterocycles. The zero-order valence-corrected chi connectivity index (χ0v) is 10.1. The zero-order chi connectivity index (χ0) is 7.61. The van der Waals surface area contributed by atoms with Gasteiger partial charge in [-0.1, -0.05) is 0 Å². The third kappa shape index (κ3) is 2.20. The van der Waals surface area contributed by atoms with Gasteiger partial charge in [0, 0.05) is 0 Å². The molecule has 60 valence electrons. The van der Waals surface area contributed by atoms with Gasteiger partial charge in [-0.3, -0.25) is 0 Å². The molecular formula is C6H11Cl3Ge. The molecule has 0 aromatic heterocycles. The molecule has 0 amide bonds. The minimum atomic E-state index is -2.51. The molecule has 0 radical (unpaired) electrons. The number of halogens is 3. The van der Waals surface area contributed by atoms with Gasteiger partial charge in [-0.2, -0.15) is 0 Å². The van der Waals surface area contributed by atoms with Crippen molar-refractivity contribution in [3.05, 3.63) is 0 Å². The van der Waals surface area contributed by atoms with Crippen molar-refractivity contribution in [3.8, 4) is 0 Å². The average Bonchev–Trinajstić information content (AvgIpc) is 2.38. The maximum absolute atomic E-state index is 6.15. The number of hydrogen-bond acceptors (Lipinski definition) is 0. The van der Waals surface area contributed by atoms with Gasteiger partial charge in [-0.15, -0.1) is 0 Å². The fourth-order valence-corrected chi connectivity index (χ4v) is 7.95. The van der Waals surface area contributed by atoms with Gasteiger partial charge in [-0.05, 0) is 0 Å². The first-order valence-corrected chi connectivity index (χ1v) is 12.3. The normalized spacial score (nSPS) is 21.9. The summed E-state index contributed by atoms with van der Waals surface area (Å²) in [6, 6.07) is 0. The predicted octanol–water partition coefficient (Wildman–Crippen LogP) is 3.63. The number of alkyl halides is 1. The van der Waals surface area contributed by atoms with Crippen LogP contribution in [-0.4, -0.2) is 16.1 Å². The van der Waals surface area contributed by atoms with Crippen LogP contribution in [0.25, 0.3) is 0 Å². The Morgan fingerprint density at radius 2 is 1.70 bits per heavy atom. The van der Waals surface area contributed by atoms with Gasteiger partial charge in [0.1, 0.15) is 0 Å². The summed E-state index contributed by atoms with van der Waals surface area (Å²) in [6.07, 6.45) is 5.04. The van der Waals surface area contributed by atoms with Crippen molar-refractivity contribution in [2.24, 2.45) is 0 Å². The van der Waals surface area contributed by atoms with Crippen LogP contribution in [0.3, 0.4) is 0 Å². The van der Waals surface area contributed by atoms with Gasteiger partial charge in [-0.25, -0.2) is 0 Å². The van der Waals surface area contributed by atoms with Crippen molar-refractivity contribution in [1.82, 2.24) is 0 Å². The van der Waals surface area contributed by atoms with E-state index < -0.39 is 11.4 Å². The molecule has 4 heteroatoms. The van der Waals surface area contributed by atoms with Crippen LogP contribution in [0.1, 0.15) is 25.7 Å². The van der Waals surface area contributed by atoms with E-state index in [0.717, 1.165) is 0 Å². The Kier molecular flexibility index (Phi) is 3.69.